The minimum absolute atomic E-state index is 0.0112. The molecule has 7 heteroatoms. The van der Waals surface area contributed by atoms with Gasteiger partial charge in [0.2, 0.25) is 0 Å². The summed E-state index contributed by atoms with van der Waals surface area (Å²) >= 11 is 5.85. The van der Waals surface area contributed by atoms with Crippen molar-refractivity contribution >= 4 is 46.8 Å². The Hall–Kier alpha value is -3.48. The quantitative estimate of drug-likeness (QED) is 0.296. The van der Waals surface area contributed by atoms with E-state index in [1.807, 2.05) is 0 Å². The zero-order valence-electron chi connectivity index (χ0n) is 17.4. The Bertz CT molecular complexity index is 1490. The largest absolute Gasteiger partial charge is 0.416 e. The molecule has 0 radical (unpaired) electrons. The first kappa shape index (κ1) is 22.3. The third-order valence-electron chi connectivity index (χ3n) is 5.77. The average Bonchev–Trinajstić information content (AvgIpc) is 2.94. The molecule has 1 aromatic heterocycles. The van der Waals surface area contributed by atoms with Crippen molar-refractivity contribution in [3.63, 3.8) is 0 Å². The number of aliphatic hydroxyl groups excluding tert-OH is 1. The van der Waals surface area contributed by atoms with Crippen LogP contribution in [0.2, 0.25) is 5.02 Å². The number of aromatic nitrogens is 1. The molecule has 170 valence electrons. The second-order valence-corrected chi connectivity index (χ2v) is 8.37. The summed E-state index contributed by atoms with van der Waals surface area (Å²) in [5.74, 6) is -0.513. The number of benzene rings is 3. The molecule has 0 saturated heterocycles. The topological polar surface area (TPSA) is 33.1 Å². The van der Waals surface area contributed by atoms with Crippen LogP contribution in [-0.2, 0) is 6.18 Å². The van der Waals surface area contributed by atoms with Gasteiger partial charge in [0.1, 0.15) is 11.9 Å². The van der Waals surface area contributed by atoms with E-state index in [0.29, 0.717) is 27.7 Å². The van der Waals surface area contributed by atoms with Gasteiger partial charge in [0.05, 0.1) is 21.8 Å². The lowest BCUT2D eigenvalue weighted by molar-refractivity contribution is -0.137. The first-order valence-corrected chi connectivity index (χ1v) is 10.7. The van der Waals surface area contributed by atoms with Gasteiger partial charge >= 0.3 is 6.18 Å². The molecule has 0 spiro atoms. The molecule has 5 rings (SSSR count). The van der Waals surface area contributed by atoms with Crippen LogP contribution in [0.5, 0.6) is 0 Å². The summed E-state index contributed by atoms with van der Waals surface area (Å²) in [5.41, 5.74) is 2.42. The lowest BCUT2D eigenvalue weighted by Crippen LogP contribution is -2.11. The number of halogens is 5. The van der Waals surface area contributed by atoms with Crippen molar-refractivity contribution in [1.82, 2.24) is 4.98 Å². The Morgan fingerprint density at radius 1 is 0.912 bits per heavy atom. The molecule has 4 aromatic rings. The predicted molar refractivity (Wildman–Crippen MR) is 127 cm³/mol. The van der Waals surface area contributed by atoms with E-state index in [2.05, 4.69) is 4.98 Å². The highest BCUT2D eigenvalue weighted by atomic mass is 35.5. The van der Waals surface area contributed by atoms with Gasteiger partial charge in [-0.1, -0.05) is 60.2 Å². The third-order valence-corrected chi connectivity index (χ3v) is 6.06. The number of rotatable bonds is 2. The number of alkyl halides is 3. The number of hydrogen-bond acceptors (Lipinski definition) is 2. The highest BCUT2D eigenvalue weighted by Crippen LogP contribution is 2.40. The van der Waals surface area contributed by atoms with Crippen LogP contribution in [0, 0.1) is 5.82 Å². The minimum Gasteiger partial charge on any atom is -0.384 e. The monoisotopic (exact) mass is 481 g/mol. The fourth-order valence-corrected chi connectivity index (χ4v) is 4.25. The highest BCUT2D eigenvalue weighted by Gasteiger charge is 2.35. The van der Waals surface area contributed by atoms with Gasteiger partial charge < -0.3 is 5.11 Å². The Morgan fingerprint density at radius 2 is 1.74 bits per heavy atom. The maximum absolute atomic E-state index is 13.6. The maximum Gasteiger partial charge on any atom is 0.416 e. The van der Waals surface area contributed by atoms with E-state index in [-0.39, 0.29) is 16.1 Å². The van der Waals surface area contributed by atoms with Gasteiger partial charge in [0, 0.05) is 5.39 Å². The summed E-state index contributed by atoms with van der Waals surface area (Å²) in [7, 11) is 0. The van der Waals surface area contributed by atoms with Gasteiger partial charge in [-0.3, -0.25) is 0 Å². The van der Waals surface area contributed by atoms with Crippen LogP contribution in [0.25, 0.3) is 35.2 Å². The maximum atomic E-state index is 13.6. The molecule has 0 saturated carbocycles. The van der Waals surface area contributed by atoms with Gasteiger partial charge in [-0.15, -0.1) is 0 Å². The first-order valence-electron chi connectivity index (χ1n) is 10.3. The van der Waals surface area contributed by atoms with E-state index >= 15 is 0 Å². The van der Waals surface area contributed by atoms with Crippen LogP contribution in [0.3, 0.4) is 0 Å². The normalized spacial score (nSPS) is 15.4. The number of nitrogens with zero attached hydrogens (tertiary/aromatic N) is 1. The molecule has 1 aliphatic rings. The predicted octanol–water partition coefficient (Wildman–Crippen LogP) is 7.78. The fraction of sp³-hybridized carbons (Fsp3) is 0.0741. The number of pyridine rings is 1. The molecule has 0 fully saturated rings. The molecule has 34 heavy (non-hydrogen) atoms. The molecule has 1 heterocycles. The van der Waals surface area contributed by atoms with E-state index < -0.39 is 23.7 Å². The zero-order valence-corrected chi connectivity index (χ0v) is 18.2. The lowest BCUT2D eigenvalue weighted by atomic mass is 9.93. The van der Waals surface area contributed by atoms with Crippen LogP contribution >= 0.6 is 11.6 Å². The van der Waals surface area contributed by atoms with Crippen LogP contribution in [0.1, 0.15) is 45.2 Å². The van der Waals surface area contributed by atoms with E-state index in [0.717, 1.165) is 11.6 Å². The Kier molecular flexibility index (Phi) is 5.50. The average molecular weight is 482 g/mol. The molecular weight excluding hydrogens is 466 g/mol. The summed E-state index contributed by atoms with van der Waals surface area (Å²) < 4.78 is 54.1. The van der Waals surface area contributed by atoms with Gasteiger partial charge in [0.15, 0.2) is 0 Å². The molecule has 3 aromatic carbocycles. The molecule has 1 atom stereocenters. The van der Waals surface area contributed by atoms with Gasteiger partial charge in [-0.2, -0.15) is 13.2 Å². The number of fused-ring (bicyclic) bond motifs is 3. The van der Waals surface area contributed by atoms with Crippen molar-refractivity contribution in [2.75, 3.05) is 0 Å². The van der Waals surface area contributed by atoms with Gasteiger partial charge in [0.25, 0.3) is 0 Å². The third kappa shape index (κ3) is 4.11. The summed E-state index contributed by atoms with van der Waals surface area (Å²) in [6.07, 6.45) is 0.784. The van der Waals surface area contributed by atoms with Crippen molar-refractivity contribution in [2.24, 2.45) is 0 Å². The van der Waals surface area contributed by atoms with Crippen molar-refractivity contribution in [1.29, 1.82) is 0 Å². The van der Waals surface area contributed by atoms with E-state index in [1.54, 1.807) is 48.6 Å². The second kappa shape index (κ2) is 8.38. The molecule has 1 aliphatic carbocycles. The van der Waals surface area contributed by atoms with Crippen molar-refractivity contribution in [2.45, 2.75) is 12.3 Å². The number of aliphatic hydroxyl groups is 1. The summed E-state index contributed by atoms with van der Waals surface area (Å²) in [6.45, 7) is 0. The van der Waals surface area contributed by atoms with E-state index in [9.17, 15) is 22.7 Å². The van der Waals surface area contributed by atoms with E-state index in [4.69, 9.17) is 11.6 Å². The fourth-order valence-electron chi connectivity index (χ4n) is 4.09. The van der Waals surface area contributed by atoms with Gasteiger partial charge in [-0.25, -0.2) is 9.37 Å². The second-order valence-electron chi connectivity index (χ2n) is 7.96. The first-order chi connectivity index (χ1) is 16.2. The summed E-state index contributed by atoms with van der Waals surface area (Å²) in [6, 6.07) is 15.4. The molecule has 0 amide bonds. The molecule has 1 unspecified atom stereocenters. The van der Waals surface area contributed by atoms with Crippen LogP contribution in [-0.4, -0.2) is 10.1 Å². The molecule has 0 aliphatic heterocycles. The molecule has 0 bridgehead atoms. The lowest BCUT2D eigenvalue weighted by Gasteiger charge is -2.18. The van der Waals surface area contributed by atoms with Crippen molar-refractivity contribution in [3.8, 4) is 0 Å². The summed E-state index contributed by atoms with van der Waals surface area (Å²) in [4.78, 5) is 4.47. The summed E-state index contributed by atoms with van der Waals surface area (Å²) in [5, 5.41) is 11.6. The smallest absolute Gasteiger partial charge is 0.384 e. The highest BCUT2D eigenvalue weighted by molar-refractivity contribution is 6.31. The minimum atomic E-state index is -4.53. The Morgan fingerprint density at radius 3 is 2.53 bits per heavy atom. The van der Waals surface area contributed by atoms with Crippen LogP contribution < -0.4 is 0 Å². The van der Waals surface area contributed by atoms with Crippen molar-refractivity contribution in [3.05, 3.63) is 111 Å². The van der Waals surface area contributed by atoms with Crippen LogP contribution in [0.4, 0.5) is 17.6 Å². The zero-order chi connectivity index (χ0) is 24.0. The molecular formula is C27H16ClF4NO. The molecule has 1 N–H and O–H groups in total. The standard InChI is InChI=1S/C27H16ClF4NO/c28-23-14-25-17(13-24(23)29)7-10-18(33-25)9-5-15-4-6-16-8-11-19-20(26(34)21(16)12-15)2-1-3-22(19)27(30,31)32/h1-14,26,34H/b9-5+. The molecule has 2 nitrogen and oxygen atoms in total. The van der Waals surface area contributed by atoms with Crippen molar-refractivity contribution < 1.29 is 22.7 Å². The number of hydrogen-bond donors (Lipinski definition) is 1. The Labute approximate surface area is 197 Å². The van der Waals surface area contributed by atoms with E-state index in [1.165, 1.54) is 30.3 Å². The Balaban J connectivity index is 1.50. The van der Waals surface area contributed by atoms with Crippen LogP contribution in [0.15, 0.2) is 60.7 Å². The SMILES string of the molecule is OC1c2cc(/C=C/c3ccc4cc(F)c(Cl)cc4n3)ccc2C=Cc2c1cccc2C(F)(F)F. The van der Waals surface area contributed by atoms with Gasteiger partial charge in [-0.05, 0) is 64.2 Å².